The maximum absolute atomic E-state index is 11.8. The maximum Gasteiger partial charge on any atom is 0.344 e. The number of carbonyl (C=O) groups is 3. The highest BCUT2D eigenvalue weighted by atomic mass is 16.6. The van der Waals surface area contributed by atoms with Gasteiger partial charge in [-0.15, -0.1) is 0 Å². The van der Waals surface area contributed by atoms with Gasteiger partial charge in [-0.25, -0.2) is 4.79 Å². The Hall–Kier alpha value is -3.95. The van der Waals surface area contributed by atoms with Gasteiger partial charge in [-0.1, -0.05) is 18.2 Å². The first-order chi connectivity index (χ1) is 13.0. The lowest BCUT2D eigenvalue weighted by Crippen LogP contribution is -2.43. The Morgan fingerprint density at radius 2 is 1.59 bits per heavy atom. The second kappa shape index (κ2) is 9.51. The van der Waals surface area contributed by atoms with Crippen molar-refractivity contribution in [1.82, 2.24) is 10.9 Å². The first-order valence-electron chi connectivity index (χ1n) is 7.63. The van der Waals surface area contributed by atoms with Gasteiger partial charge >= 0.3 is 5.97 Å². The van der Waals surface area contributed by atoms with Gasteiger partial charge in [-0.05, 0) is 24.3 Å². The number of para-hydroxylation sites is 1. The van der Waals surface area contributed by atoms with E-state index in [1.807, 2.05) is 0 Å². The average molecular weight is 373 g/mol. The summed E-state index contributed by atoms with van der Waals surface area (Å²) in [5, 5.41) is 10.5. The van der Waals surface area contributed by atoms with Crippen LogP contribution in [0.3, 0.4) is 0 Å². The third kappa shape index (κ3) is 6.46. The minimum Gasteiger partial charge on any atom is -0.482 e. The summed E-state index contributed by atoms with van der Waals surface area (Å²) in [6.45, 7) is -0.982. The number of rotatable bonds is 7. The van der Waals surface area contributed by atoms with Crippen molar-refractivity contribution in [2.24, 2.45) is 0 Å². The molecule has 2 aromatic rings. The topological polar surface area (TPSA) is 137 Å². The predicted octanol–water partition coefficient (Wildman–Crippen LogP) is 0.978. The van der Waals surface area contributed by atoms with Gasteiger partial charge in [0.1, 0.15) is 5.75 Å². The molecule has 10 heteroatoms. The van der Waals surface area contributed by atoms with Gasteiger partial charge in [0.25, 0.3) is 17.5 Å². The van der Waals surface area contributed by atoms with E-state index in [1.165, 1.54) is 12.1 Å². The minimum absolute atomic E-state index is 0.106. The Balaban J connectivity index is 1.68. The molecule has 0 heterocycles. The van der Waals surface area contributed by atoms with Gasteiger partial charge in [0.2, 0.25) is 0 Å². The quantitative estimate of drug-likeness (QED) is 0.419. The van der Waals surface area contributed by atoms with E-state index in [1.54, 1.807) is 30.3 Å². The molecule has 0 saturated heterocycles. The molecule has 2 N–H and O–H groups in total. The highest BCUT2D eigenvalue weighted by Gasteiger charge is 2.12. The molecule has 0 radical (unpaired) electrons. The largest absolute Gasteiger partial charge is 0.482 e. The van der Waals surface area contributed by atoms with Crippen molar-refractivity contribution in [2.75, 3.05) is 13.2 Å². The number of nitro groups is 1. The van der Waals surface area contributed by atoms with Crippen LogP contribution >= 0.6 is 0 Å². The summed E-state index contributed by atoms with van der Waals surface area (Å²) < 4.78 is 9.86. The zero-order valence-corrected chi connectivity index (χ0v) is 13.9. The van der Waals surface area contributed by atoms with E-state index >= 15 is 0 Å². The first-order valence-corrected chi connectivity index (χ1v) is 7.63. The number of nitro benzene ring substituents is 1. The molecular weight excluding hydrogens is 358 g/mol. The standard InChI is InChI=1S/C17H15N3O7/c21-15(10-27-16(22)11-26-14-4-2-1-3-5-14)18-19-17(23)12-6-8-13(9-7-12)20(24)25/h1-9H,10-11H2,(H,18,21)(H,19,23). The molecule has 0 aliphatic carbocycles. The van der Waals surface area contributed by atoms with E-state index in [0.29, 0.717) is 5.75 Å². The van der Waals surface area contributed by atoms with Gasteiger partial charge in [0, 0.05) is 17.7 Å². The Bertz CT molecular complexity index is 822. The number of benzene rings is 2. The van der Waals surface area contributed by atoms with Crippen LogP contribution in [-0.2, 0) is 14.3 Å². The normalized spacial score (nSPS) is 9.78. The van der Waals surface area contributed by atoms with Crippen LogP contribution in [0.4, 0.5) is 5.69 Å². The van der Waals surface area contributed by atoms with E-state index < -0.39 is 29.3 Å². The lowest BCUT2D eigenvalue weighted by atomic mass is 10.2. The molecule has 0 aliphatic rings. The number of nitrogens with zero attached hydrogens (tertiary/aromatic N) is 1. The molecule has 0 fully saturated rings. The van der Waals surface area contributed by atoms with Crippen LogP contribution in [0.2, 0.25) is 0 Å². The second-order valence-electron chi connectivity index (χ2n) is 5.07. The zero-order valence-electron chi connectivity index (χ0n) is 13.9. The number of amides is 2. The van der Waals surface area contributed by atoms with Crippen LogP contribution in [0.15, 0.2) is 54.6 Å². The van der Waals surface area contributed by atoms with Gasteiger partial charge in [-0.3, -0.25) is 30.6 Å². The summed E-state index contributed by atoms with van der Waals surface area (Å²) in [6, 6.07) is 13.4. The van der Waals surface area contributed by atoms with Crippen LogP contribution in [0.5, 0.6) is 5.75 Å². The van der Waals surface area contributed by atoms with Crippen molar-refractivity contribution in [3.63, 3.8) is 0 Å². The Morgan fingerprint density at radius 3 is 2.22 bits per heavy atom. The fourth-order valence-corrected chi connectivity index (χ4v) is 1.82. The number of nitrogens with one attached hydrogen (secondary N) is 2. The predicted molar refractivity (Wildman–Crippen MR) is 91.6 cm³/mol. The summed E-state index contributed by atoms with van der Waals surface area (Å²) in [5.74, 6) is -1.72. The molecule has 27 heavy (non-hydrogen) atoms. The maximum atomic E-state index is 11.8. The lowest BCUT2D eigenvalue weighted by Gasteiger charge is -2.09. The van der Waals surface area contributed by atoms with Crippen molar-refractivity contribution >= 4 is 23.5 Å². The van der Waals surface area contributed by atoms with Crippen molar-refractivity contribution in [3.8, 4) is 5.75 Å². The molecule has 140 valence electrons. The van der Waals surface area contributed by atoms with Crippen LogP contribution in [0.25, 0.3) is 0 Å². The van der Waals surface area contributed by atoms with E-state index in [2.05, 4.69) is 10.9 Å². The van der Waals surface area contributed by atoms with Crippen LogP contribution in [-0.4, -0.2) is 35.9 Å². The zero-order chi connectivity index (χ0) is 19.6. The molecule has 0 spiro atoms. The summed E-state index contributed by atoms with van der Waals surface area (Å²) in [4.78, 5) is 44.8. The molecule has 0 aliphatic heterocycles. The first kappa shape index (κ1) is 19.4. The molecule has 0 aromatic heterocycles. The number of esters is 1. The lowest BCUT2D eigenvalue weighted by molar-refractivity contribution is -0.384. The van der Waals surface area contributed by atoms with Crippen molar-refractivity contribution in [3.05, 3.63) is 70.3 Å². The fourth-order valence-electron chi connectivity index (χ4n) is 1.82. The summed E-state index contributed by atoms with van der Waals surface area (Å²) >= 11 is 0. The molecule has 2 rings (SSSR count). The smallest absolute Gasteiger partial charge is 0.344 e. The van der Waals surface area contributed by atoms with Crippen molar-refractivity contribution in [1.29, 1.82) is 0 Å². The summed E-state index contributed by atoms with van der Waals surface area (Å²) in [6.07, 6.45) is 0. The van der Waals surface area contributed by atoms with Crippen molar-refractivity contribution < 1.29 is 28.8 Å². The van der Waals surface area contributed by atoms with Gasteiger partial charge in [0.05, 0.1) is 4.92 Å². The molecule has 2 amide bonds. The average Bonchev–Trinajstić information content (AvgIpc) is 2.69. The number of hydrogen-bond acceptors (Lipinski definition) is 7. The van der Waals surface area contributed by atoms with Crippen LogP contribution in [0, 0.1) is 10.1 Å². The van der Waals surface area contributed by atoms with Crippen molar-refractivity contribution in [2.45, 2.75) is 0 Å². The fraction of sp³-hybridized carbons (Fsp3) is 0.118. The van der Waals surface area contributed by atoms with E-state index in [-0.39, 0.29) is 17.9 Å². The molecule has 0 atom stereocenters. The molecule has 2 aromatic carbocycles. The number of carbonyl (C=O) groups excluding carboxylic acids is 3. The molecule has 0 bridgehead atoms. The number of hydrogen-bond donors (Lipinski definition) is 2. The van der Waals surface area contributed by atoms with E-state index in [4.69, 9.17) is 9.47 Å². The Labute approximate surface area is 153 Å². The van der Waals surface area contributed by atoms with Gasteiger partial charge in [-0.2, -0.15) is 0 Å². The highest BCUT2D eigenvalue weighted by Crippen LogP contribution is 2.11. The SMILES string of the molecule is O=C(COC(=O)COc1ccccc1)NNC(=O)c1ccc([N+](=O)[O-])cc1. The summed E-state index contributed by atoms with van der Waals surface area (Å²) in [7, 11) is 0. The Morgan fingerprint density at radius 1 is 0.926 bits per heavy atom. The van der Waals surface area contributed by atoms with Crippen LogP contribution < -0.4 is 15.6 Å². The minimum atomic E-state index is -0.765. The monoisotopic (exact) mass is 373 g/mol. The molecule has 10 nitrogen and oxygen atoms in total. The summed E-state index contributed by atoms with van der Waals surface area (Å²) in [5.41, 5.74) is 4.09. The van der Waals surface area contributed by atoms with Crippen LogP contribution in [0.1, 0.15) is 10.4 Å². The third-order valence-corrected chi connectivity index (χ3v) is 3.12. The van der Waals surface area contributed by atoms with Gasteiger partial charge in [0.15, 0.2) is 13.2 Å². The Kier molecular flexibility index (Phi) is 6.83. The molecular formula is C17H15N3O7. The molecule has 0 unspecified atom stereocenters. The number of non-ortho nitro benzene ring substituents is 1. The number of ether oxygens (including phenoxy) is 2. The third-order valence-electron chi connectivity index (χ3n) is 3.12. The van der Waals surface area contributed by atoms with Gasteiger partial charge < -0.3 is 9.47 Å². The highest BCUT2D eigenvalue weighted by molar-refractivity contribution is 5.95. The van der Waals surface area contributed by atoms with E-state index in [9.17, 15) is 24.5 Å². The number of hydrazine groups is 1. The molecule has 0 saturated carbocycles. The second-order valence-corrected chi connectivity index (χ2v) is 5.07. The van der Waals surface area contributed by atoms with E-state index in [0.717, 1.165) is 12.1 Å².